The van der Waals surface area contributed by atoms with Crippen LogP contribution in [0, 0.1) is 6.92 Å². The number of nitrogens with zero attached hydrogens (tertiary/aromatic N) is 2. The van der Waals surface area contributed by atoms with E-state index in [4.69, 9.17) is 20.4 Å². The predicted octanol–water partition coefficient (Wildman–Crippen LogP) is 2.70. The molecule has 0 aliphatic rings. The van der Waals surface area contributed by atoms with Crippen LogP contribution in [0.1, 0.15) is 5.56 Å². The van der Waals surface area contributed by atoms with Crippen LogP contribution in [0.4, 0.5) is 5.69 Å². The van der Waals surface area contributed by atoms with Crippen LogP contribution in [0.2, 0.25) is 5.02 Å². The predicted molar refractivity (Wildman–Crippen MR) is 83.3 cm³/mol. The lowest BCUT2D eigenvalue weighted by Crippen LogP contribution is -2.26. The average molecular weight is 334 g/mol. The number of aryl methyl sites for hydroxylation is 1. The number of furan rings is 1. The van der Waals surface area contributed by atoms with E-state index in [2.05, 4.69) is 10.4 Å². The number of rotatable bonds is 4. The minimum atomic E-state index is -0.737. The molecule has 0 saturated carbocycles. The first kappa shape index (κ1) is 15.1. The van der Waals surface area contributed by atoms with Crippen LogP contribution in [0.5, 0.6) is 0 Å². The number of halogens is 1. The third kappa shape index (κ3) is 3.35. The largest absolute Gasteiger partial charge is 0.459 e. The number of hydrogen-bond donors (Lipinski definition) is 1. The summed E-state index contributed by atoms with van der Waals surface area (Å²) in [5.41, 5.74) is 1.43. The molecular formula is C15H12ClN3O4. The SMILES string of the molecule is Cc1cc(Cl)ccc1NC(=O)Cn1nc(-c2ccco2)oc1=O. The van der Waals surface area contributed by atoms with Gasteiger partial charge in [-0.15, -0.1) is 5.10 Å². The van der Waals surface area contributed by atoms with Crippen molar-refractivity contribution >= 4 is 23.2 Å². The maximum atomic E-state index is 12.1. The zero-order valence-electron chi connectivity index (χ0n) is 12.1. The highest BCUT2D eigenvalue weighted by atomic mass is 35.5. The summed E-state index contributed by atoms with van der Waals surface area (Å²) >= 11 is 5.87. The first-order valence-corrected chi connectivity index (χ1v) is 7.08. The highest BCUT2D eigenvalue weighted by molar-refractivity contribution is 6.30. The molecule has 3 aromatic rings. The topological polar surface area (TPSA) is 90.3 Å². The van der Waals surface area contributed by atoms with Crippen molar-refractivity contribution in [2.75, 3.05) is 5.32 Å². The molecule has 1 N–H and O–H groups in total. The van der Waals surface area contributed by atoms with Crippen LogP contribution in [0.3, 0.4) is 0 Å². The van der Waals surface area contributed by atoms with Crippen LogP contribution >= 0.6 is 11.6 Å². The number of anilines is 1. The fourth-order valence-electron chi connectivity index (χ4n) is 2.00. The highest BCUT2D eigenvalue weighted by Crippen LogP contribution is 2.19. The van der Waals surface area contributed by atoms with Crippen molar-refractivity contribution in [1.82, 2.24) is 9.78 Å². The molecule has 0 bridgehead atoms. The summed E-state index contributed by atoms with van der Waals surface area (Å²) < 4.78 is 11.0. The van der Waals surface area contributed by atoms with Gasteiger partial charge in [0.25, 0.3) is 5.89 Å². The van der Waals surface area contributed by atoms with Gasteiger partial charge in [-0.2, -0.15) is 4.68 Å². The molecule has 8 heteroatoms. The lowest BCUT2D eigenvalue weighted by molar-refractivity contribution is -0.117. The first-order valence-electron chi connectivity index (χ1n) is 6.71. The number of hydrogen-bond acceptors (Lipinski definition) is 5. The third-order valence-electron chi connectivity index (χ3n) is 3.09. The molecular weight excluding hydrogens is 322 g/mol. The molecule has 2 heterocycles. The molecule has 0 aliphatic heterocycles. The zero-order chi connectivity index (χ0) is 16.4. The summed E-state index contributed by atoms with van der Waals surface area (Å²) in [4.78, 5) is 23.8. The molecule has 0 spiro atoms. The van der Waals surface area contributed by atoms with Gasteiger partial charge in [-0.3, -0.25) is 4.79 Å². The summed E-state index contributed by atoms with van der Waals surface area (Å²) in [6.07, 6.45) is 1.43. The smallest absolute Gasteiger partial charge is 0.437 e. The Morgan fingerprint density at radius 3 is 2.91 bits per heavy atom. The van der Waals surface area contributed by atoms with Crippen molar-refractivity contribution in [2.24, 2.45) is 0 Å². The zero-order valence-corrected chi connectivity index (χ0v) is 12.8. The van der Waals surface area contributed by atoms with Crippen LogP contribution in [0.25, 0.3) is 11.7 Å². The molecule has 0 atom stereocenters. The van der Waals surface area contributed by atoms with Gasteiger partial charge in [-0.1, -0.05) is 11.6 Å². The van der Waals surface area contributed by atoms with E-state index in [1.165, 1.54) is 6.26 Å². The Hall–Kier alpha value is -2.80. The number of aromatic nitrogens is 2. The standard InChI is InChI=1S/C15H12ClN3O4/c1-9-7-10(16)4-5-11(9)17-13(20)8-19-15(21)23-14(18-19)12-3-2-6-22-12/h2-7H,8H2,1H3,(H,17,20). The monoisotopic (exact) mass is 333 g/mol. The van der Waals surface area contributed by atoms with Crippen molar-refractivity contribution in [3.05, 3.63) is 57.7 Å². The lowest BCUT2D eigenvalue weighted by Gasteiger charge is -2.08. The second-order valence-corrected chi connectivity index (χ2v) is 5.25. The minimum Gasteiger partial charge on any atom is -0.459 e. The van der Waals surface area contributed by atoms with Crippen molar-refractivity contribution in [1.29, 1.82) is 0 Å². The minimum absolute atomic E-state index is 0.0236. The number of amides is 1. The van der Waals surface area contributed by atoms with Gasteiger partial charge >= 0.3 is 5.76 Å². The van der Waals surface area contributed by atoms with E-state index in [0.29, 0.717) is 16.5 Å². The summed E-state index contributed by atoms with van der Waals surface area (Å²) in [6, 6.07) is 8.34. The first-order chi connectivity index (χ1) is 11.0. The fourth-order valence-corrected chi connectivity index (χ4v) is 2.23. The fraction of sp³-hybridized carbons (Fsp3) is 0.133. The van der Waals surface area contributed by atoms with Gasteiger partial charge in [0, 0.05) is 10.7 Å². The molecule has 7 nitrogen and oxygen atoms in total. The average Bonchev–Trinajstić information content (AvgIpc) is 3.13. The van der Waals surface area contributed by atoms with Crippen LogP contribution < -0.4 is 11.1 Å². The molecule has 2 aromatic heterocycles. The number of benzene rings is 1. The van der Waals surface area contributed by atoms with E-state index < -0.39 is 11.7 Å². The van der Waals surface area contributed by atoms with E-state index in [-0.39, 0.29) is 12.4 Å². The number of carbonyl (C=O) groups is 1. The summed E-state index contributed by atoms with van der Waals surface area (Å²) in [6.45, 7) is 1.55. The van der Waals surface area contributed by atoms with E-state index >= 15 is 0 Å². The van der Waals surface area contributed by atoms with E-state index in [0.717, 1.165) is 10.2 Å². The molecule has 0 saturated heterocycles. The molecule has 3 rings (SSSR count). The molecule has 23 heavy (non-hydrogen) atoms. The Bertz CT molecular complexity index is 896. The Balaban J connectivity index is 1.74. The van der Waals surface area contributed by atoms with Gasteiger partial charge in [0.05, 0.1) is 6.26 Å². The van der Waals surface area contributed by atoms with Gasteiger partial charge < -0.3 is 14.2 Å². The van der Waals surface area contributed by atoms with Crippen LogP contribution in [-0.4, -0.2) is 15.7 Å². The Morgan fingerprint density at radius 1 is 1.39 bits per heavy atom. The Labute approximate surface area is 135 Å². The summed E-state index contributed by atoms with van der Waals surface area (Å²) in [7, 11) is 0. The molecule has 1 amide bonds. The maximum Gasteiger partial charge on any atom is 0.437 e. The van der Waals surface area contributed by atoms with E-state index in [9.17, 15) is 9.59 Å². The second kappa shape index (κ2) is 6.13. The quantitative estimate of drug-likeness (QED) is 0.792. The van der Waals surface area contributed by atoms with Crippen molar-refractivity contribution in [2.45, 2.75) is 13.5 Å². The number of carbonyl (C=O) groups excluding carboxylic acids is 1. The van der Waals surface area contributed by atoms with Gasteiger partial charge in [-0.25, -0.2) is 4.79 Å². The van der Waals surface area contributed by atoms with E-state index in [1.807, 2.05) is 6.92 Å². The van der Waals surface area contributed by atoms with Gasteiger partial charge in [0.2, 0.25) is 5.91 Å². The van der Waals surface area contributed by atoms with Gasteiger partial charge in [-0.05, 0) is 42.8 Å². The third-order valence-corrected chi connectivity index (χ3v) is 3.33. The highest BCUT2D eigenvalue weighted by Gasteiger charge is 2.15. The van der Waals surface area contributed by atoms with E-state index in [1.54, 1.807) is 30.3 Å². The molecule has 0 aliphatic carbocycles. The lowest BCUT2D eigenvalue weighted by atomic mass is 10.2. The van der Waals surface area contributed by atoms with Crippen LogP contribution in [0.15, 0.2) is 50.2 Å². The Morgan fingerprint density at radius 2 is 2.22 bits per heavy atom. The normalized spacial score (nSPS) is 10.7. The second-order valence-electron chi connectivity index (χ2n) is 4.82. The van der Waals surface area contributed by atoms with Crippen LogP contribution in [-0.2, 0) is 11.3 Å². The van der Waals surface area contributed by atoms with Gasteiger partial charge in [0.1, 0.15) is 6.54 Å². The van der Waals surface area contributed by atoms with Crippen molar-refractivity contribution in [3.8, 4) is 11.7 Å². The Kier molecular flexibility index (Phi) is 4.03. The maximum absolute atomic E-state index is 12.1. The van der Waals surface area contributed by atoms with Gasteiger partial charge in [0.15, 0.2) is 5.76 Å². The molecule has 0 radical (unpaired) electrons. The van der Waals surface area contributed by atoms with Crippen molar-refractivity contribution < 1.29 is 13.6 Å². The molecule has 1 aromatic carbocycles. The van der Waals surface area contributed by atoms with Crippen molar-refractivity contribution in [3.63, 3.8) is 0 Å². The number of nitrogens with one attached hydrogen (secondary N) is 1. The summed E-state index contributed by atoms with van der Waals surface area (Å²) in [5.74, 6) is -0.804. The molecule has 118 valence electrons. The molecule has 0 unspecified atom stereocenters. The molecule has 0 fully saturated rings. The summed E-state index contributed by atoms with van der Waals surface area (Å²) in [5, 5.41) is 7.21.